The average Bonchev–Trinajstić information content (AvgIpc) is 2.45. The van der Waals surface area contributed by atoms with E-state index in [-0.39, 0.29) is 0 Å². The Morgan fingerprint density at radius 3 is 2.39 bits per heavy atom. The minimum Gasteiger partial charge on any atom is -0.492 e. The van der Waals surface area contributed by atoms with Gasteiger partial charge in [0.05, 0.1) is 0 Å². The van der Waals surface area contributed by atoms with Crippen molar-refractivity contribution in [1.29, 1.82) is 0 Å². The third-order valence-corrected chi connectivity index (χ3v) is 2.55. The normalized spacial score (nSPS) is 10.7. The van der Waals surface area contributed by atoms with E-state index < -0.39 is 0 Å². The summed E-state index contributed by atoms with van der Waals surface area (Å²) in [6.07, 6.45) is 4.13. The van der Waals surface area contributed by atoms with Gasteiger partial charge in [-0.25, -0.2) is 0 Å². The van der Waals surface area contributed by atoms with Crippen molar-refractivity contribution < 1.29 is 4.74 Å². The maximum absolute atomic E-state index is 5.60. The number of hydrogen-bond donors (Lipinski definition) is 1. The molecule has 2 heteroatoms. The summed E-state index contributed by atoms with van der Waals surface area (Å²) >= 11 is 0. The van der Waals surface area contributed by atoms with Crippen LogP contribution < -0.4 is 10.5 Å². The predicted molar refractivity (Wildman–Crippen MR) is 76.4 cm³/mol. The predicted octanol–water partition coefficient (Wildman–Crippen LogP) is 3.19. The summed E-state index contributed by atoms with van der Waals surface area (Å²) in [7, 11) is 0. The summed E-state index contributed by atoms with van der Waals surface area (Å²) in [5.41, 5.74) is 7.69. The van der Waals surface area contributed by atoms with Gasteiger partial charge in [0.15, 0.2) is 0 Å². The van der Waals surface area contributed by atoms with Crippen LogP contribution in [0.4, 0.5) is 0 Å². The van der Waals surface area contributed by atoms with Gasteiger partial charge in [-0.1, -0.05) is 60.7 Å². The zero-order valence-corrected chi connectivity index (χ0v) is 10.3. The number of rotatable bonds is 5. The molecule has 0 atom stereocenters. The molecule has 0 unspecified atom stereocenters. The SMILES string of the molecule is NCCOc1ccccc1C=Cc1ccccc1. The third-order valence-electron chi connectivity index (χ3n) is 2.55. The topological polar surface area (TPSA) is 35.2 Å². The molecule has 0 bridgehead atoms. The molecule has 0 radical (unpaired) electrons. The molecule has 2 N–H and O–H groups in total. The zero-order valence-electron chi connectivity index (χ0n) is 10.3. The van der Waals surface area contributed by atoms with E-state index in [4.69, 9.17) is 10.5 Å². The second-order valence-corrected chi connectivity index (χ2v) is 3.92. The van der Waals surface area contributed by atoms with Gasteiger partial charge in [-0.2, -0.15) is 0 Å². The van der Waals surface area contributed by atoms with Crippen LogP contribution in [0.15, 0.2) is 54.6 Å². The van der Waals surface area contributed by atoms with E-state index >= 15 is 0 Å². The molecule has 92 valence electrons. The third kappa shape index (κ3) is 3.47. The van der Waals surface area contributed by atoms with Crippen LogP contribution in [0.2, 0.25) is 0 Å². The largest absolute Gasteiger partial charge is 0.492 e. The first kappa shape index (κ1) is 12.4. The first-order chi connectivity index (χ1) is 8.90. The Kier molecular flexibility index (Phi) is 4.56. The fraction of sp³-hybridized carbons (Fsp3) is 0.125. The first-order valence-electron chi connectivity index (χ1n) is 6.05. The quantitative estimate of drug-likeness (QED) is 0.813. The fourth-order valence-corrected chi connectivity index (χ4v) is 1.67. The summed E-state index contributed by atoms with van der Waals surface area (Å²) in [5.74, 6) is 0.870. The smallest absolute Gasteiger partial charge is 0.126 e. The Balaban J connectivity index is 2.15. The van der Waals surface area contributed by atoms with Gasteiger partial charge in [0.1, 0.15) is 12.4 Å². The van der Waals surface area contributed by atoms with Crippen molar-refractivity contribution in [2.75, 3.05) is 13.2 Å². The van der Waals surface area contributed by atoms with Gasteiger partial charge in [0.2, 0.25) is 0 Å². The molecule has 2 aromatic rings. The minimum atomic E-state index is 0.525. The van der Waals surface area contributed by atoms with Gasteiger partial charge < -0.3 is 10.5 Å². The lowest BCUT2D eigenvalue weighted by molar-refractivity contribution is 0.327. The molecule has 2 rings (SSSR count). The highest BCUT2D eigenvalue weighted by Crippen LogP contribution is 2.20. The molecule has 0 saturated carbocycles. The van der Waals surface area contributed by atoms with Gasteiger partial charge in [-0.05, 0) is 11.6 Å². The van der Waals surface area contributed by atoms with Crippen molar-refractivity contribution in [1.82, 2.24) is 0 Å². The number of nitrogens with two attached hydrogens (primary N) is 1. The van der Waals surface area contributed by atoms with E-state index in [0.29, 0.717) is 13.2 Å². The molecule has 0 aliphatic carbocycles. The number of hydrogen-bond acceptors (Lipinski definition) is 2. The van der Waals surface area contributed by atoms with Crippen LogP contribution in [0, 0.1) is 0 Å². The maximum Gasteiger partial charge on any atom is 0.126 e. The Hall–Kier alpha value is -2.06. The summed E-state index contributed by atoms with van der Waals surface area (Å²) < 4.78 is 5.60. The lowest BCUT2D eigenvalue weighted by Gasteiger charge is -2.07. The van der Waals surface area contributed by atoms with Gasteiger partial charge >= 0.3 is 0 Å². The molecule has 0 aromatic heterocycles. The van der Waals surface area contributed by atoms with E-state index in [9.17, 15) is 0 Å². The lowest BCUT2D eigenvalue weighted by atomic mass is 10.1. The van der Waals surface area contributed by atoms with Crippen LogP contribution in [0.1, 0.15) is 11.1 Å². The van der Waals surface area contributed by atoms with Crippen molar-refractivity contribution >= 4 is 12.2 Å². The first-order valence-corrected chi connectivity index (χ1v) is 6.05. The minimum absolute atomic E-state index is 0.525. The summed E-state index contributed by atoms with van der Waals surface area (Å²) in [6.45, 7) is 1.06. The second-order valence-electron chi connectivity index (χ2n) is 3.92. The van der Waals surface area contributed by atoms with Crippen molar-refractivity contribution in [3.63, 3.8) is 0 Å². The fourth-order valence-electron chi connectivity index (χ4n) is 1.67. The van der Waals surface area contributed by atoms with Crippen molar-refractivity contribution in [2.24, 2.45) is 5.73 Å². The van der Waals surface area contributed by atoms with Gasteiger partial charge in [0, 0.05) is 12.1 Å². The van der Waals surface area contributed by atoms with E-state index in [2.05, 4.69) is 24.3 Å². The summed E-state index contributed by atoms with van der Waals surface area (Å²) in [4.78, 5) is 0. The molecule has 18 heavy (non-hydrogen) atoms. The molecule has 0 spiro atoms. The van der Waals surface area contributed by atoms with Crippen LogP contribution in [-0.2, 0) is 0 Å². The maximum atomic E-state index is 5.60. The molecule has 2 aromatic carbocycles. The molecule has 0 heterocycles. The van der Waals surface area contributed by atoms with Crippen LogP contribution in [0.3, 0.4) is 0 Å². The highest BCUT2D eigenvalue weighted by molar-refractivity contribution is 5.72. The van der Waals surface area contributed by atoms with E-state index in [1.54, 1.807) is 0 Å². The Morgan fingerprint density at radius 1 is 0.889 bits per heavy atom. The number of benzene rings is 2. The van der Waals surface area contributed by atoms with Gasteiger partial charge in [0.25, 0.3) is 0 Å². The second kappa shape index (κ2) is 6.62. The molecular formula is C16H17NO. The Labute approximate surface area is 108 Å². The number of ether oxygens (including phenoxy) is 1. The Bertz CT molecular complexity index is 506. The van der Waals surface area contributed by atoms with Crippen molar-refractivity contribution in [3.05, 3.63) is 65.7 Å². The van der Waals surface area contributed by atoms with Crippen LogP contribution in [-0.4, -0.2) is 13.2 Å². The molecule has 0 aliphatic heterocycles. The standard InChI is InChI=1S/C16H17NO/c17-12-13-18-16-9-5-4-8-15(16)11-10-14-6-2-1-3-7-14/h1-11H,12-13,17H2. The molecule has 0 amide bonds. The molecular weight excluding hydrogens is 222 g/mol. The molecule has 0 fully saturated rings. The van der Waals surface area contributed by atoms with Crippen LogP contribution in [0.25, 0.3) is 12.2 Å². The van der Waals surface area contributed by atoms with E-state index in [1.807, 2.05) is 42.5 Å². The van der Waals surface area contributed by atoms with E-state index in [1.165, 1.54) is 5.56 Å². The monoisotopic (exact) mass is 239 g/mol. The summed E-state index contributed by atoms with van der Waals surface area (Å²) in [6, 6.07) is 18.2. The molecule has 2 nitrogen and oxygen atoms in total. The Morgan fingerprint density at radius 2 is 1.61 bits per heavy atom. The average molecular weight is 239 g/mol. The highest BCUT2D eigenvalue weighted by Gasteiger charge is 1.98. The van der Waals surface area contributed by atoms with Gasteiger partial charge in [-0.3, -0.25) is 0 Å². The van der Waals surface area contributed by atoms with Gasteiger partial charge in [-0.15, -0.1) is 0 Å². The van der Waals surface area contributed by atoms with Crippen LogP contribution in [0.5, 0.6) is 5.75 Å². The molecule has 0 aliphatic rings. The van der Waals surface area contributed by atoms with Crippen molar-refractivity contribution in [2.45, 2.75) is 0 Å². The number of para-hydroxylation sites is 1. The molecule has 0 saturated heterocycles. The summed E-state index contributed by atoms with van der Waals surface area (Å²) in [5, 5.41) is 0. The highest BCUT2D eigenvalue weighted by atomic mass is 16.5. The lowest BCUT2D eigenvalue weighted by Crippen LogP contribution is -2.10. The van der Waals surface area contributed by atoms with Crippen molar-refractivity contribution in [3.8, 4) is 5.75 Å². The zero-order chi connectivity index (χ0) is 12.6. The van der Waals surface area contributed by atoms with Crippen LogP contribution >= 0.6 is 0 Å². The van der Waals surface area contributed by atoms with E-state index in [0.717, 1.165) is 11.3 Å².